The monoisotopic (exact) mass is 1940 g/mol. The molecular weight excluding hydrogens is 1810 g/mol. The fourth-order valence-electron chi connectivity index (χ4n) is 19.0. The molecule has 8 N–H and O–H groups in total. The van der Waals surface area contributed by atoms with E-state index in [2.05, 4.69) is 248 Å². The fraction of sp³-hybridized carbons (Fsp3) is 0.382. The first-order valence-corrected chi connectivity index (χ1v) is 49.4. The molecule has 12 aromatic rings. The lowest BCUT2D eigenvalue weighted by Gasteiger charge is -2.26. The predicted octanol–water partition coefficient (Wildman–Crippen LogP) is 13.9. The highest BCUT2D eigenvalue weighted by Crippen LogP contribution is 2.40. The number of nitrogens with zero attached hydrogens (tertiary/aromatic N) is 16. The molecule has 1 unspecified atom stereocenters. The average molecular weight is 1940 g/mol. The summed E-state index contributed by atoms with van der Waals surface area (Å²) in [5.41, 5.74) is 45.7. The number of hydrogen-bond donors (Lipinski definition) is 4. The molecule has 1 atom stereocenters. The minimum Gasteiger partial charge on any atom is -0.461 e. The maximum Gasteiger partial charge on any atom is 0.320 e. The number of nitrogen functional groups attached to an aromatic ring is 4. The summed E-state index contributed by atoms with van der Waals surface area (Å²) in [7, 11) is 6.38. The summed E-state index contributed by atoms with van der Waals surface area (Å²) in [5, 5.41) is 0. The molecule has 20 rings (SSSR count). The number of piperidine rings is 1. The van der Waals surface area contributed by atoms with Gasteiger partial charge in [-0.05, 0) is 180 Å². The number of carbonyl (C=O) groups excluding carboxylic acids is 4. The van der Waals surface area contributed by atoms with Crippen LogP contribution in [0, 0.1) is 0 Å². The van der Waals surface area contributed by atoms with Crippen LogP contribution in [0.1, 0.15) is 125 Å². The normalized spacial score (nSPS) is 15.9. The third-order valence-electron chi connectivity index (χ3n) is 27.0. The van der Waals surface area contributed by atoms with Gasteiger partial charge in [-0.2, -0.15) is 39.9 Å². The second kappa shape index (κ2) is 48.7. The molecule has 746 valence electrons. The number of rotatable bonds is 36. The van der Waals surface area contributed by atoms with E-state index in [0.29, 0.717) is 131 Å². The number of anilines is 8. The average Bonchev–Trinajstić information content (AvgIpc) is 1.64. The second-order valence-electron chi connectivity index (χ2n) is 36.9. The van der Waals surface area contributed by atoms with Gasteiger partial charge in [-0.25, -0.2) is 0 Å². The zero-order valence-corrected chi connectivity index (χ0v) is 82.3. The molecular formula is C110H128N20O13. The topological polar surface area (TPSA) is 384 Å². The van der Waals surface area contributed by atoms with Crippen LogP contribution in [-0.4, -0.2) is 230 Å². The van der Waals surface area contributed by atoms with Crippen molar-refractivity contribution in [1.82, 2.24) is 59.5 Å². The van der Waals surface area contributed by atoms with Crippen LogP contribution >= 0.6 is 0 Å². The van der Waals surface area contributed by atoms with Gasteiger partial charge in [0, 0.05) is 89.5 Å². The Morgan fingerprint density at radius 2 is 0.545 bits per heavy atom. The Morgan fingerprint density at radius 1 is 0.287 bits per heavy atom. The second-order valence-corrected chi connectivity index (χ2v) is 36.9. The first-order chi connectivity index (χ1) is 69.8. The molecule has 0 bridgehead atoms. The first-order valence-electron chi connectivity index (χ1n) is 49.4. The number of hydrogen-bond acceptors (Lipinski definition) is 29. The van der Waals surface area contributed by atoms with Gasteiger partial charge in [-0.3, -0.25) is 58.4 Å². The number of ether oxygens (including phenoxy) is 9. The number of nitrogens with two attached hydrogens (primary N) is 4. The number of amides is 4. The van der Waals surface area contributed by atoms with Crippen LogP contribution in [0.25, 0.3) is 44.5 Å². The van der Waals surface area contributed by atoms with Gasteiger partial charge in [-0.15, -0.1) is 0 Å². The van der Waals surface area contributed by atoms with Crippen molar-refractivity contribution in [1.29, 1.82) is 0 Å². The van der Waals surface area contributed by atoms with E-state index < -0.39 is 0 Å². The highest BCUT2D eigenvalue weighted by Gasteiger charge is 2.38. The van der Waals surface area contributed by atoms with E-state index in [9.17, 15) is 19.2 Å². The van der Waals surface area contributed by atoms with Crippen LogP contribution in [0.15, 0.2) is 194 Å². The number of aromatic nitrogens is 8. The lowest BCUT2D eigenvalue weighted by atomic mass is 10.00. The lowest BCUT2D eigenvalue weighted by Crippen LogP contribution is -2.35. The van der Waals surface area contributed by atoms with E-state index in [1.54, 1.807) is 48.0 Å². The number of carbonyl (C=O) groups is 4. The minimum absolute atomic E-state index is 0.0467. The van der Waals surface area contributed by atoms with Crippen molar-refractivity contribution in [2.24, 2.45) is 0 Å². The van der Waals surface area contributed by atoms with Gasteiger partial charge >= 0.3 is 24.0 Å². The Labute approximate surface area is 835 Å². The number of fused-ring (bicyclic) bond motifs is 4. The number of likely N-dealkylation sites (tertiary alicyclic amines) is 3. The van der Waals surface area contributed by atoms with Crippen molar-refractivity contribution in [3.63, 3.8) is 0 Å². The summed E-state index contributed by atoms with van der Waals surface area (Å²) < 4.78 is 47.6. The molecule has 4 fully saturated rings. The Balaban J connectivity index is 0.000000131. The van der Waals surface area contributed by atoms with E-state index in [1.165, 1.54) is 123 Å². The maximum absolute atomic E-state index is 12.8. The van der Waals surface area contributed by atoms with Gasteiger partial charge < -0.3 is 65.6 Å². The molecule has 0 aliphatic carbocycles. The zero-order chi connectivity index (χ0) is 99.1. The third-order valence-corrected chi connectivity index (χ3v) is 27.0. The molecule has 8 aliphatic heterocycles. The Kier molecular flexibility index (Phi) is 34.2. The molecule has 4 saturated heterocycles. The summed E-state index contributed by atoms with van der Waals surface area (Å²) in [5.74, 6) is 2.99. The van der Waals surface area contributed by atoms with Gasteiger partial charge in [0.15, 0.2) is 0 Å². The molecule has 33 heteroatoms. The van der Waals surface area contributed by atoms with E-state index in [0.717, 1.165) is 96.0 Å². The largest absolute Gasteiger partial charge is 0.461 e. The molecule has 0 spiro atoms. The van der Waals surface area contributed by atoms with Crippen molar-refractivity contribution < 1.29 is 61.8 Å². The Bertz CT molecular complexity index is 6310. The summed E-state index contributed by atoms with van der Waals surface area (Å²) in [6.45, 7) is 20.5. The van der Waals surface area contributed by atoms with Crippen molar-refractivity contribution in [2.75, 3.05) is 189 Å². The highest BCUT2D eigenvalue weighted by molar-refractivity contribution is 6.04. The zero-order valence-electron chi connectivity index (χ0n) is 82.3. The van der Waals surface area contributed by atoms with Crippen LogP contribution in [0.4, 0.5) is 46.5 Å². The van der Waals surface area contributed by atoms with Gasteiger partial charge in [0.1, 0.15) is 73.0 Å². The van der Waals surface area contributed by atoms with Gasteiger partial charge in [0.25, 0.3) is 0 Å². The lowest BCUT2D eigenvalue weighted by molar-refractivity contribution is -0.118. The molecule has 0 radical (unpaired) electrons. The Hall–Kier alpha value is -14.0. The third kappa shape index (κ3) is 25.9. The van der Waals surface area contributed by atoms with Crippen molar-refractivity contribution in [2.45, 2.75) is 129 Å². The Morgan fingerprint density at radius 3 is 0.846 bits per heavy atom. The first kappa shape index (κ1) is 101. The molecule has 8 aliphatic rings. The van der Waals surface area contributed by atoms with Crippen LogP contribution < -0.4 is 61.5 Å². The molecule has 33 nitrogen and oxygen atoms in total. The van der Waals surface area contributed by atoms with Gasteiger partial charge in [0.05, 0.1) is 91.5 Å². The molecule has 8 aromatic carbocycles. The predicted molar refractivity (Wildman–Crippen MR) is 551 cm³/mol. The van der Waals surface area contributed by atoms with E-state index >= 15 is 0 Å². The smallest absolute Gasteiger partial charge is 0.320 e. The van der Waals surface area contributed by atoms with E-state index in [-0.39, 0.29) is 96.6 Å². The van der Waals surface area contributed by atoms with Gasteiger partial charge in [0.2, 0.25) is 23.6 Å². The molecule has 0 saturated carbocycles. The SMILES string of the molecule is COCCOc1nc(N)c2c(n1)N(Cc1ccc(-c3ccc(C(C)N4CCCC4)cc3)cc1)C(=O)C2.COCCOc1nc(N)c2c(n1)N(Cc1ccc(-c3ccc(CN4CCCC4)cc3)cc1)C(=O)C2.COCCOc1nc(N)c2c(n1)N(Cc1ccc(-c3ccc(CN4CCOCC4)cc3)cc1)C(=O)C2.COCCOc1nc(N)c2c(n1)N(Cc1ccc(-c3cccc(CN4CCCCC4)c3)cc1)C(=O)C2. The number of methoxy groups -OCH3 is 4. The van der Waals surface area contributed by atoms with Crippen LogP contribution in [0.2, 0.25) is 0 Å². The van der Waals surface area contributed by atoms with E-state index in [1.807, 2.05) is 12.1 Å². The standard InChI is InChI=1S/2C28H33N5O3.C27H31N5O4.C27H31N5O3/c1-19(32-13-3-4-14-32)21-9-11-23(12-10-21)22-7-5-20(6-8-22)18-33-25(34)17-24-26(29)30-28(31-27(24)33)36-16-15-35-2;1-35-14-15-36-28-30-26(29)24-17-25(34)33(27(24)31-28)19-20-8-10-22(11-9-20)23-7-5-6-21(16-23)18-32-12-3-2-4-13-32;1-34-14-15-36-27-29-25(28)23-16-24(33)32(26(23)30-27)18-20-4-8-22(9-5-20)21-6-2-19(3-7-21)17-31-10-12-35-13-11-31;1-34-14-15-35-27-29-25(28)23-16-24(33)32(26(23)30-27)18-20-6-10-22(11-7-20)21-8-4-19(5-9-21)17-31-12-2-3-13-31/h5-12,19H,3-4,13-18H2,1-2H3,(H2,29,30,31);5-11,16H,2-4,12-15,17-19H2,1H3,(H2,29,30,31);2-9H,10-18H2,1H3,(H2,28,29,30);4-11H,2-3,12-18H2,1H3,(H2,28,29,30). The van der Waals surface area contributed by atoms with Crippen molar-refractivity contribution in [3.8, 4) is 68.5 Å². The van der Waals surface area contributed by atoms with Crippen LogP contribution in [-0.2, 0) is 114 Å². The molecule has 12 heterocycles. The van der Waals surface area contributed by atoms with Gasteiger partial charge in [-0.1, -0.05) is 194 Å². The molecule has 4 aromatic heterocycles. The summed E-state index contributed by atoms with van der Waals surface area (Å²) in [4.78, 5) is 102. The van der Waals surface area contributed by atoms with Crippen LogP contribution in [0.3, 0.4) is 0 Å². The van der Waals surface area contributed by atoms with Crippen molar-refractivity contribution >= 4 is 70.2 Å². The summed E-state index contributed by atoms with van der Waals surface area (Å²) in [6.07, 6.45) is 9.93. The fourth-order valence-corrected chi connectivity index (χ4v) is 19.0. The molecule has 4 amide bonds. The summed E-state index contributed by atoms with van der Waals surface area (Å²) in [6, 6.07) is 69.5. The quantitative estimate of drug-likeness (QED) is 0.0265. The van der Waals surface area contributed by atoms with Crippen molar-refractivity contribution in [3.05, 3.63) is 261 Å². The van der Waals surface area contributed by atoms with Crippen LogP contribution in [0.5, 0.6) is 24.0 Å². The van der Waals surface area contributed by atoms with E-state index in [4.69, 9.17) is 65.6 Å². The summed E-state index contributed by atoms with van der Waals surface area (Å²) >= 11 is 0. The number of benzene rings is 8. The highest BCUT2D eigenvalue weighted by atomic mass is 16.5. The number of morpholine rings is 1. The maximum atomic E-state index is 12.8. The minimum atomic E-state index is -0.0556. The molecule has 143 heavy (non-hydrogen) atoms.